The van der Waals surface area contributed by atoms with E-state index >= 15 is 14.0 Å². The maximum absolute atomic E-state index is 17.5. The average molecular weight is 880 g/mol. The van der Waals surface area contributed by atoms with Gasteiger partial charge in [-0.1, -0.05) is 108 Å². The van der Waals surface area contributed by atoms with E-state index in [1.54, 1.807) is 0 Å². The largest absolute Gasteiger partial charge is 0.508 e. The smallest absolute Gasteiger partial charge is 0.265 e. The Morgan fingerprint density at radius 2 is 1.52 bits per heavy atom. The lowest BCUT2D eigenvalue weighted by atomic mass is 9.58. The third kappa shape index (κ3) is 8.16. The molecular weight excluding hydrogens is 818 g/mol. The van der Waals surface area contributed by atoms with Crippen LogP contribution in [0.1, 0.15) is 126 Å². The molecule has 3 aromatic carbocycles. The number of benzene rings is 3. The minimum Gasteiger partial charge on any atom is -0.508 e. The molecule has 3 aliphatic carbocycles. The highest BCUT2D eigenvalue weighted by Gasteiger charge is 2.67. The first-order chi connectivity index (χ1) is 30.0. The summed E-state index contributed by atoms with van der Waals surface area (Å²) < 4.78 is 43.5. The second-order valence-corrected chi connectivity index (χ2v) is 23.7. The number of anilines is 1. The van der Waals surface area contributed by atoms with E-state index < -0.39 is 60.0 Å². The predicted octanol–water partition coefficient (Wildman–Crippen LogP) is 10.6. The molecule has 4 aromatic rings. The molecule has 63 heavy (non-hydrogen) atoms. The van der Waals surface area contributed by atoms with Crippen molar-refractivity contribution < 1.29 is 42.3 Å². The van der Waals surface area contributed by atoms with E-state index in [9.17, 15) is 9.90 Å². The molecule has 0 unspecified atom stereocenters. The molecule has 7 rings (SSSR count). The van der Waals surface area contributed by atoms with Crippen molar-refractivity contribution in [3.63, 3.8) is 0 Å². The molecular formula is C50H62FN3O8Si. The third-order valence-electron chi connectivity index (χ3n) is 13.5. The Morgan fingerprint density at radius 3 is 2.06 bits per heavy atom. The van der Waals surface area contributed by atoms with Crippen LogP contribution >= 0.6 is 0 Å². The number of carbonyl (C=O) groups excluding carboxylic acids is 3. The second kappa shape index (κ2) is 18.2. The molecule has 0 amide bonds. The van der Waals surface area contributed by atoms with Gasteiger partial charge in [-0.15, -0.1) is 0 Å². The standard InChI is InChI=1S/C50H62FN3O8Si/c1-10-12-24-59-44-38-34(40(51)35(30-55)41(44)54(28-31-20-16-14-17-21-31)29-32-22-18-15-19-23-32)26-33-27-36-42(53(6)7)45-39(48(52-61-45)60-25-13-11-2)47(58)50(36,46(57)37(33)43(38)56)62-63(8,9)49(3,4)5/h14-23,30,33,36,42,57H,10-13,24-29H2,1-9H3/t33-,36-,42-,50-/m0/s1. The Balaban J connectivity index is 1.50. The van der Waals surface area contributed by atoms with Crippen LogP contribution in [0, 0.1) is 17.7 Å². The summed E-state index contributed by atoms with van der Waals surface area (Å²) in [6.45, 7) is 15.2. The van der Waals surface area contributed by atoms with E-state index in [-0.39, 0.29) is 83.4 Å². The van der Waals surface area contributed by atoms with Gasteiger partial charge in [-0.3, -0.25) is 19.3 Å². The van der Waals surface area contributed by atoms with Crippen molar-refractivity contribution in [1.29, 1.82) is 0 Å². The van der Waals surface area contributed by atoms with Crippen molar-refractivity contribution in [3.8, 4) is 11.6 Å². The molecule has 4 atom stereocenters. The van der Waals surface area contributed by atoms with Crippen molar-refractivity contribution >= 4 is 31.9 Å². The number of ketones is 2. The van der Waals surface area contributed by atoms with Crippen LogP contribution in [-0.2, 0) is 23.9 Å². The number of unbranched alkanes of at least 4 members (excludes halogenated alkanes) is 2. The summed E-state index contributed by atoms with van der Waals surface area (Å²) >= 11 is 0. The van der Waals surface area contributed by atoms with Gasteiger partial charge in [-0.2, -0.15) is 0 Å². The van der Waals surface area contributed by atoms with Crippen LogP contribution in [0.3, 0.4) is 0 Å². The van der Waals surface area contributed by atoms with Crippen molar-refractivity contribution in [3.05, 3.63) is 117 Å². The number of nitrogens with zero attached hydrogens (tertiary/aromatic N) is 3. The number of hydrogen-bond acceptors (Lipinski definition) is 11. The highest BCUT2D eigenvalue weighted by Crippen LogP contribution is 2.60. The van der Waals surface area contributed by atoms with Crippen LogP contribution in [0.5, 0.6) is 11.6 Å². The fraction of sp³-hybridized carbons (Fsp3) is 0.480. The highest BCUT2D eigenvalue weighted by molar-refractivity contribution is 6.74. The Labute approximate surface area is 371 Å². The van der Waals surface area contributed by atoms with E-state index in [0.29, 0.717) is 25.7 Å². The summed E-state index contributed by atoms with van der Waals surface area (Å²) in [7, 11) is 0.732. The van der Waals surface area contributed by atoms with Crippen LogP contribution in [-0.4, -0.2) is 74.2 Å². The first-order valence-electron chi connectivity index (χ1n) is 22.3. The number of Topliss-reactive ketones (excluding diaryl/α,β-unsaturated/α-hetero) is 2. The van der Waals surface area contributed by atoms with Crippen LogP contribution in [0.2, 0.25) is 18.1 Å². The fourth-order valence-corrected chi connectivity index (χ4v) is 10.8. The average Bonchev–Trinajstić information content (AvgIpc) is 3.66. The maximum atomic E-state index is 17.5. The summed E-state index contributed by atoms with van der Waals surface area (Å²) in [5, 5.41) is 17.0. The zero-order valence-electron chi connectivity index (χ0n) is 38.2. The summed E-state index contributed by atoms with van der Waals surface area (Å²) in [5.41, 5.74) is -0.241. The summed E-state index contributed by atoms with van der Waals surface area (Å²) in [6.07, 6.45) is 3.59. The van der Waals surface area contributed by atoms with Crippen LogP contribution < -0.4 is 14.4 Å². The van der Waals surface area contributed by atoms with E-state index in [2.05, 4.69) is 25.9 Å². The maximum Gasteiger partial charge on any atom is 0.265 e. The highest BCUT2D eigenvalue weighted by atomic mass is 28.4. The van der Waals surface area contributed by atoms with Gasteiger partial charge in [0.05, 0.1) is 36.1 Å². The molecule has 0 spiro atoms. The first kappa shape index (κ1) is 45.9. The molecule has 1 N–H and O–H groups in total. The van der Waals surface area contributed by atoms with Crippen molar-refractivity contribution in [2.45, 2.75) is 116 Å². The Kier molecular flexibility index (Phi) is 13.2. The fourth-order valence-electron chi connectivity index (χ4n) is 9.33. The number of halogens is 1. The van der Waals surface area contributed by atoms with Crippen molar-refractivity contribution in [2.24, 2.45) is 11.8 Å². The van der Waals surface area contributed by atoms with Gasteiger partial charge in [0, 0.05) is 30.1 Å². The number of aliphatic hydroxyl groups is 1. The number of rotatable bonds is 17. The minimum absolute atomic E-state index is 0.0149. The van der Waals surface area contributed by atoms with Crippen LogP contribution in [0.15, 0.2) is 76.5 Å². The third-order valence-corrected chi connectivity index (χ3v) is 18.0. The molecule has 0 saturated heterocycles. The molecule has 0 fully saturated rings. The lowest BCUT2D eigenvalue weighted by molar-refractivity contribution is -0.0481. The van der Waals surface area contributed by atoms with E-state index in [0.717, 1.165) is 24.0 Å². The second-order valence-electron chi connectivity index (χ2n) is 19.0. The van der Waals surface area contributed by atoms with Crippen molar-refractivity contribution in [2.75, 3.05) is 32.2 Å². The summed E-state index contributed by atoms with van der Waals surface area (Å²) in [4.78, 5) is 48.4. The lowest BCUT2D eigenvalue weighted by Crippen LogP contribution is -2.65. The number of carbonyl (C=O) groups is 3. The number of aliphatic hydroxyl groups excluding tert-OH is 1. The molecule has 13 heteroatoms. The molecule has 3 aliphatic rings. The number of aromatic nitrogens is 1. The molecule has 336 valence electrons. The number of hydrogen-bond donors (Lipinski definition) is 1. The molecule has 0 radical (unpaired) electrons. The molecule has 0 saturated carbocycles. The molecule has 1 heterocycles. The zero-order valence-corrected chi connectivity index (χ0v) is 39.2. The SMILES string of the molecule is CCCCOc1noc2c1C(=O)[C@@]1(O[Si](C)(C)C(C)(C)C)C(O)=C3C(=O)c4c(c(F)c(C=O)c(N(Cc5ccccc5)Cc5ccccc5)c4OCCCC)C[C@H]3C[C@H]1[C@@H]2N(C)C. The van der Waals surface area contributed by atoms with Gasteiger partial charge in [0.1, 0.15) is 17.1 Å². The van der Waals surface area contributed by atoms with E-state index in [1.165, 1.54) is 0 Å². The number of allylic oxidation sites excluding steroid dienone is 1. The van der Waals surface area contributed by atoms with Crippen molar-refractivity contribution in [1.82, 2.24) is 10.1 Å². The van der Waals surface area contributed by atoms with Gasteiger partial charge in [0.2, 0.25) is 5.78 Å². The van der Waals surface area contributed by atoms with E-state index in [1.807, 2.05) is 112 Å². The number of fused-ring (bicyclic) bond motifs is 4. The van der Waals surface area contributed by atoms with Gasteiger partial charge in [-0.25, -0.2) is 4.39 Å². The van der Waals surface area contributed by atoms with Crippen LogP contribution in [0.4, 0.5) is 10.1 Å². The van der Waals surface area contributed by atoms with E-state index in [4.69, 9.17) is 18.4 Å². The van der Waals surface area contributed by atoms with Gasteiger partial charge in [0.15, 0.2) is 37.5 Å². The topological polar surface area (TPSA) is 132 Å². The lowest BCUT2D eigenvalue weighted by Gasteiger charge is -2.55. The zero-order chi connectivity index (χ0) is 45.4. The van der Waals surface area contributed by atoms with Gasteiger partial charge in [0.25, 0.3) is 5.88 Å². The van der Waals surface area contributed by atoms with Gasteiger partial charge in [-0.05, 0) is 80.1 Å². The molecule has 11 nitrogen and oxygen atoms in total. The van der Waals surface area contributed by atoms with Crippen LogP contribution in [0.25, 0.3) is 0 Å². The number of aldehydes is 1. The first-order valence-corrected chi connectivity index (χ1v) is 25.2. The summed E-state index contributed by atoms with van der Waals surface area (Å²) in [5.74, 6) is -3.70. The molecule has 0 bridgehead atoms. The summed E-state index contributed by atoms with van der Waals surface area (Å²) in [6, 6.07) is 18.6. The number of ether oxygens (including phenoxy) is 2. The molecule has 1 aromatic heterocycles. The van der Waals surface area contributed by atoms with Gasteiger partial charge < -0.3 is 28.4 Å². The Bertz CT molecular complexity index is 2330. The normalized spacial score (nSPS) is 20.8. The van der Waals surface area contributed by atoms with Gasteiger partial charge >= 0.3 is 0 Å². The quantitative estimate of drug-likeness (QED) is 0.0618. The minimum atomic E-state index is -2.98. The Hall–Kier alpha value is -5.11. The monoisotopic (exact) mass is 879 g/mol. The Morgan fingerprint density at radius 1 is 0.937 bits per heavy atom. The molecule has 0 aliphatic heterocycles. The predicted molar refractivity (Wildman–Crippen MR) is 243 cm³/mol.